The third-order valence-corrected chi connectivity index (χ3v) is 6.61. The number of nitrogens with zero attached hydrogens (tertiary/aromatic N) is 5. The molecule has 0 spiro atoms. The van der Waals surface area contributed by atoms with Gasteiger partial charge in [0.25, 0.3) is 5.56 Å². The summed E-state index contributed by atoms with van der Waals surface area (Å²) < 4.78 is 8.11. The number of carbonyl (C=O) groups is 1. The molecule has 2 N–H and O–H groups in total. The molecule has 0 saturated heterocycles. The molecule has 0 aliphatic carbocycles. The van der Waals surface area contributed by atoms with Crippen LogP contribution in [-0.2, 0) is 34.5 Å². The third-order valence-electron chi connectivity index (χ3n) is 6.61. The highest BCUT2D eigenvalue weighted by Gasteiger charge is 2.33. The molecular weight excluding hydrogens is 470 g/mol. The summed E-state index contributed by atoms with van der Waals surface area (Å²) in [5.74, 6) is 0.381. The van der Waals surface area contributed by atoms with E-state index in [9.17, 15) is 9.59 Å². The van der Waals surface area contributed by atoms with Gasteiger partial charge in [0.15, 0.2) is 11.5 Å². The summed E-state index contributed by atoms with van der Waals surface area (Å²) in [7, 11) is 1.35. The number of anilines is 2. The second-order valence-electron chi connectivity index (χ2n) is 9.45. The van der Waals surface area contributed by atoms with Gasteiger partial charge in [-0.3, -0.25) is 9.59 Å². The van der Waals surface area contributed by atoms with Crippen molar-refractivity contribution < 1.29 is 9.53 Å². The fourth-order valence-electron chi connectivity index (χ4n) is 4.54. The molecule has 0 saturated carbocycles. The maximum atomic E-state index is 13.3. The van der Waals surface area contributed by atoms with Crippen molar-refractivity contribution in [3.63, 3.8) is 0 Å². The second kappa shape index (κ2) is 9.62. The molecule has 190 valence electrons. The van der Waals surface area contributed by atoms with E-state index in [2.05, 4.69) is 34.3 Å². The molecule has 4 aromatic rings. The largest absolute Gasteiger partial charge is 0.468 e. The molecule has 0 fully saturated rings. The zero-order valence-electron chi connectivity index (χ0n) is 21.1. The number of allylic oxidation sites excluding steroid dienone is 1. The first-order chi connectivity index (χ1) is 17.8. The van der Waals surface area contributed by atoms with Crippen LogP contribution in [0.5, 0.6) is 0 Å². The molecule has 0 amide bonds. The average molecular weight is 500 g/mol. The van der Waals surface area contributed by atoms with Crippen molar-refractivity contribution in [3.8, 4) is 5.82 Å². The zero-order chi connectivity index (χ0) is 26.2. The number of ether oxygens (including phenoxy) is 1. The summed E-state index contributed by atoms with van der Waals surface area (Å²) in [6.45, 7) is 9.31. The predicted molar refractivity (Wildman–Crippen MR) is 141 cm³/mol. The third kappa shape index (κ3) is 4.40. The Morgan fingerprint density at radius 1 is 1.24 bits per heavy atom. The Balaban J connectivity index is 1.61. The molecule has 1 aliphatic heterocycles. The lowest BCUT2D eigenvalue weighted by Crippen LogP contribution is -2.32. The van der Waals surface area contributed by atoms with Crippen LogP contribution in [0.15, 0.2) is 60.0 Å². The first kappa shape index (κ1) is 24.4. The first-order valence-corrected chi connectivity index (χ1v) is 12.1. The Hall–Kier alpha value is -4.31. The number of nitrogens with one attached hydrogen (secondary N) is 2. The number of methoxy groups -OCH3 is 1. The molecule has 5 rings (SSSR count). The van der Waals surface area contributed by atoms with Gasteiger partial charge in [0.1, 0.15) is 10.8 Å². The molecule has 10 nitrogen and oxygen atoms in total. The van der Waals surface area contributed by atoms with Crippen LogP contribution in [0.4, 0.5) is 11.6 Å². The number of esters is 1. The first-order valence-electron chi connectivity index (χ1n) is 12.1. The van der Waals surface area contributed by atoms with Crippen molar-refractivity contribution in [1.29, 1.82) is 0 Å². The summed E-state index contributed by atoms with van der Waals surface area (Å²) in [5, 5.41) is 7.00. The van der Waals surface area contributed by atoms with Gasteiger partial charge in [-0.05, 0) is 62.2 Å². The van der Waals surface area contributed by atoms with Gasteiger partial charge in [0.05, 0.1) is 19.3 Å². The van der Waals surface area contributed by atoms with Crippen molar-refractivity contribution in [1.82, 2.24) is 29.6 Å². The van der Waals surface area contributed by atoms with E-state index < -0.39 is 11.4 Å². The lowest BCUT2D eigenvalue weighted by atomic mass is 9.89. The van der Waals surface area contributed by atoms with Crippen molar-refractivity contribution in [2.45, 2.75) is 38.8 Å². The van der Waals surface area contributed by atoms with Crippen LogP contribution < -0.4 is 16.2 Å². The Kier molecular flexibility index (Phi) is 6.34. The Morgan fingerprint density at radius 2 is 2.08 bits per heavy atom. The fraction of sp³-hybridized carbons (Fsp3) is 0.296. The molecule has 0 radical (unpaired) electrons. The fourth-order valence-corrected chi connectivity index (χ4v) is 4.54. The van der Waals surface area contributed by atoms with E-state index in [-0.39, 0.29) is 12.1 Å². The molecule has 10 heteroatoms. The predicted octanol–water partition coefficient (Wildman–Crippen LogP) is 3.00. The quantitative estimate of drug-likeness (QED) is 0.295. The van der Waals surface area contributed by atoms with Crippen molar-refractivity contribution >= 4 is 28.6 Å². The minimum absolute atomic E-state index is 0.238. The van der Waals surface area contributed by atoms with E-state index in [1.165, 1.54) is 29.1 Å². The van der Waals surface area contributed by atoms with Crippen molar-refractivity contribution in [2.75, 3.05) is 19.0 Å². The van der Waals surface area contributed by atoms with Gasteiger partial charge in [-0.25, -0.2) is 19.3 Å². The van der Waals surface area contributed by atoms with Crippen LogP contribution in [0.2, 0.25) is 0 Å². The molecule has 37 heavy (non-hydrogen) atoms. The topological polar surface area (TPSA) is 116 Å². The number of benzene rings is 1. The van der Waals surface area contributed by atoms with Gasteiger partial charge < -0.3 is 15.4 Å². The van der Waals surface area contributed by atoms with Crippen LogP contribution in [-0.4, -0.2) is 43.9 Å². The van der Waals surface area contributed by atoms with Crippen LogP contribution in [0, 0.1) is 0 Å². The van der Waals surface area contributed by atoms with Gasteiger partial charge in [0, 0.05) is 18.4 Å². The molecule has 4 heterocycles. The van der Waals surface area contributed by atoms with Crippen LogP contribution in [0.1, 0.15) is 30.7 Å². The van der Waals surface area contributed by atoms with Gasteiger partial charge in [-0.15, -0.1) is 6.58 Å². The maximum Gasteiger partial charge on any atom is 0.317 e. The number of fused-ring (bicyclic) bond motifs is 2. The summed E-state index contributed by atoms with van der Waals surface area (Å²) in [4.78, 5) is 39.5. The zero-order valence-corrected chi connectivity index (χ0v) is 21.1. The number of rotatable bonds is 7. The molecule has 1 aromatic carbocycles. The monoisotopic (exact) mass is 499 g/mol. The van der Waals surface area contributed by atoms with Gasteiger partial charge in [-0.1, -0.05) is 18.2 Å². The Morgan fingerprint density at radius 3 is 2.86 bits per heavy atom. The highest BCUT2D eigenvalue weighted by molar-refractivity contribution is 5.81. The summed E-state index contributed by atoms with van der Waals surface area (Å²) in [6.07, 6.45) is 4.15. The Labute approximate surface area is 214 Å². The number of hydrogen-bond acceptors (Lipinski definition) is 8. The standard InChI is InChI=1S/C27H29N7O3/c1-5-13-33-24(35)20-16-29-26(30-19-10-9-17-11-12-28-15-18(17)14-19)32-23(20)34(33)22-8-6-7-21(31-22)27(2,3)25(36)37-4/h5-10,14,16,28H,1,11-13,15H2,2-4H3,(H,29,30,32). The molecule has 3 aromatic heterocycles. The van der Waals surface area contributed by atoms with E-state index in [0.29, 0.717) is 28.5 Å². The van der Waals surface area contributed by atoms with E-state index in [0.717, 1.165) is 25.2 Å². The van der Waals surface area contributed by atoms with Crippen molar-refractivity contribution in [3.05, 3.63) is 82.4 Å². The normalized spacial score (nSPS) is 13.3. The summed E-state index contributed by atoms with van der Waals surface area (Å²) in [6, 6.07) is 11.5. The minimum atomic E-state index is -0.986. The molecule has 0 bridgehead atoms. The van der Waals surface area contributed by atoms with E-state index in [4.69, 9.17) is 14.7 Å². The lowest BCUT2D eigenvalue weighted by molar-refractivity contribution is -0.146. The number of carbonyl (C=O) groups excluding carboxylic acids is 1. The smallest absolute Gasteiger partial charge is 0.317 e. The van der Waals surface area contributed by atoms with E-state index >= 15 is 0 Å². The van der Waals surface area contributed by atoms with E-state index in [1.807, 2.05) is 6.07 Å². The van der Waals surface area contributed by atoms with Crippen molar-refractivity contribution in [2.24, 2.45) is 0 Å². The minimum Gasteiger partial charge on any atom is -0.468 e. The van der Waals surface area contributed by atoms with E-state index in [1.54, 1.807) is 42.8 Å². The molecule has 0 atom stereocenters. The van der Waals surface area contributed by atoms with Crippen LogP contribution >= 0.6 is 0 Å². The SMILES string of the molecule is C=CCn1c(=O)c2cnc(Nc3ccc4c(c3)CNCC4)nc2n1-c1cccc(C(C)(C)C(=O)OC)n1. The number of pyridine rings is 1. The molecule has 1 aliphatic rings. The van der Waals surface area contributed by atoms with Gasteiger partial charge in [-0.2, -0.15) is 4.98 Å². The molecular formula is C27H29N7O3. The average Bonchev–Trinajstić information content (AvgIpc) is 3.19. The second-order valence-corrected chi connectivity index (χ2v) is 9.45. The number of hydrogen-bond donors (Lipinski definition) is 2. The lowest BCUT2D eigenvalue weighted by Gasteiger charge is -2.21. The van der Waals surface area contributed by atoms with Crippen LogP contribution in [0.25, 0.3) is 16.9 Å². The summed E-state index contributed by atoms with van der Waals surface area (Å²) in [5.41, 5.74) is 3.08. The molecule has 0 unspecified atom stereocenters. The Bertz CT molecular complexity index is 1570. The maximum absolute atomic E-state index is 13.3. The van der Waals surface area contributed by atoms with Crippen LogP contribution in [0.3, 0.4) is 0 Å². The van der Waals surface area contributed by atoms with Gasteiger partial charge in [0.2, 0.25) is 5.95 Å². The highest BCUT2D eigenvalue weighted by Crippen LogP contribution is 2.26. The van der Waals surface area contributed by atoms with Gasteiger partial charge >= 0.3 is 5.97 Å². The summed E-state index contributed by atoms with van der Waals surface area (Å²) >= 11 is 0. The number of aromatic nitrogens is 5. The highest BCUT2D eigenvalue weighted by atomic mass is 16.5.